The van der Waals surface area contributed by atoms with Crippen molar-refractivity contribution in [2.45, 2.75) is 31.0 Å². The molecule has 0 unspecified atom stereocenters. The normalized spacial score (nSPS) is 16.3. The monoisotopic (exact) mass is 594 g/mol. The molecular weight excluding hydrogens is 560 g/mol. The zero-order valence-corrected chi connectivity index (χ0v) is 25.2. The standard InChI is InChI=1S/C32H34O9S/c1-19-10-12-23(13-11-19)42(33,34)40-17-27-31(41-27)22-15-25(37-5)30(26(16-22)38-6)28-20(2)14-21-8-7-9-24(36-4)29(21)32(28)39-18-35-3/h7-16,27,31H,17-18H2,1-6H3/t27-,31+/m1/s1. The zero-order chi connectivity index (χ0) is 30.0. The van der Waals surface area contributed by atoms with Crippen LogP contribution in [0.15, 0.2) is 65.6 Å². The highest BCUT2D eigenvalue weighted by Gasteiger charge is 2.42. The summed E-state index contributed by atoms with van der Waals surface area (Å²) in [6.45, 7) is 3.78. The fraction of sp³-hybridized carbons (Fsp3) is 0.312. The Kier molecular flexibility index (Phi) is 8.60. The smallest absolute Gasteiger partial charge is 0.297 e. The van der Waals surface area contributed by atoms with Gasteiger partial charge in [-0.1, -0.05) is 35.9 Å². The van der Waals surface area contributed by atoms with Crippen molar-refractivity contribution in [1.29, 1.82) is 0 Å². The third-order valence-corrected chi connectivity index (χ3v) is 8.50. The Morgan fingerprint density at radius 2 is 1.48 bits per heavy atom. The van der Waals surface area contributed by atoms with Crippen molar-refractivity contribution in [3.05, 3.63) is 77.4 Å². The first kappa shape index (κ1) is 29.7. The molecule has 0 amide bonds. The molecule has 1 aliphatic rings. The molecule has 0 aromatic heterocycles. The molecule has 0 aliphatic carbocycles. The Bertz CT molecular complexity index is 1670. The molecule has 5 rings (SSSR count). The van der Waals surface area contributed by atoms with Crippen LogP contribution < -0.4 is 18.9 Å². The predicted molar refractivity (Wildman–Crippen MR) is 158 cm³/mol. The van der Waals surface area contributed by atoms with E-state index in [1.807, 2.05) is 44.2 Å². The van der Waals surface area contributed by atoms with Crippen LogP contribution in [-0.4, -0.2) is 56.4 Å². The third kappa shape index (κ3) is 5.76. The van der Waals surface area contributed by atoms with E-state index in [9.17, 15) is 8.42 Å². The minimum Gasteiger partial charge on any atom is -0.496 e. The lowest BCUT2D eigenvalue weighted by Gasteiger charge is -2.22. The highest BCUT2D eigenvalue weighted by molar-refractivity contribution is 7.86. The van der Waals surface area contributed by atoms with Gasteiger partial charge in [-0.05, 0) is 60.7 Å². The van der Waals surface area contributed by atoms with Crippen molar-refractivity contribution in [2.24, 2.45) is 0 Å². The second kappa shape index (κ2) is 12.2. The molecule has 1 saturated heterocycles. The summed E-state index contributed by atoms with van der Waals surface area (Å²) in [5.74, 6) is 2.30. The van der Waals surface area contributed by atoms with Crippen LogP contribution in [0.3, 0.4) is 0 Å². The minimum atomic E-state index is -3.91. The lowest BCUT2D eigenvalue weighted by molar-refractivity contribution is 0.0525. The summed E-state index contributed by atoms with van der Waals surface area (Å²) in [4.78, 5) is 0.104. The van der Waals surface area contributed by atoms with E-state index in [0.717, 1.165) is 33.0 Å². The summed E-state index contributed by atoms with van der Waals surface area (Å²) in [6.07, 6.45) is -0.838. The summed E-state index contributed by atoms with van der Waals surface area (Å²) in [6, 6.07) is 18.1. The van der Waals surface area contributed by atoms with E-state index >= 15 is 0 Å². The molecule has 0 radical (unpaired) electrons. The summed E-state index contributed by atoms with van der Waals surface area (Å²) in [5.41, 5.74) is 4.12. The molecule has 1 fully saturated rings. The number of benzene rings is 4. The molecule has 1 aliphatic heterocycles. The van der Waals surface area contributed by atoms with Crippen LogP contribution in [0.4, 0.5) is 0 Å². The number of epoxide rings is 1. The van der Waals surface area contributed by atoms with Gasteiger partial charge in [-0.25, -0.2) is 0 Å². The average Bonchev–Trinajstić information content (AvgIpc) is 3.78. The van der Waals surface area contributed by atoms with Crippen LogP contribution >= 0.6 is 0 Å². The molecule has 0 spiro atoms. The average molecular weight is 595 g/mol. The fourth-order valence-electron chi connectivity index (χ4n) is 5.10. The second-order valence-corrected chi connectivity index (χ2v) is 11.6. The van der Waals surface area contributed by atoms with Crippen molar-refractivity contribution in [2.75, 3.05) is 41.8 Å². The number of fused-ring (bicyclic) bond motifs is 1. The van der Waals surface area contributed by atoms with Gasteiger partial charge >= 0.3 is 0 Å². The number of rotatable bonds is 12. The first-order valence-corrected chi connectivity index (χ1v) is 14.7. The molecule has 222 valence electrons. The molecule has 9 nitrogen and oxygen atoms in total. The molecule has 10 heteroatoms. The van der Waals surface area contributed by atoms with Crippen LogP contribution in [0.5, 0.6) is 23.0 Å². The molecule has 2 atom stereocenters. The number of ether oxygens (including phenoxy) is 6. The van der Waals surface area contributed by atoms with Gasteiger partial charge in [0.15, 0.2) is 6.79 Å². The molecule has 4 aromatic rings. The molecule has 0 N–H and O–H groups in total. The Hall–Kier alpha value is -3.83. The van der Waals surface area contributed by atoms with Gasteiger partial charge in [0, 0.05) is 12.7 Å². The molecule has 1 heterocycles. The Morgan fingerprint density at radius 1 is 0.810 bits per heavy atom. The van der Waals surface area contributed by atoms with Gasteiger partial charge in [-0.2, -0.15) is 8.42 Å². The number of hydrogen-bond donors (Lipinski definition) is 0. The first-order valence-electron chi connectivity index (χ1n) is 13.3. The Labute approximate surface area is 246 Å². The predicted octanol–water partition coefficient (Wildman–Crippen LogP) is 5.98. The van der Waals surface area contributed by atoms with Crippen molar-refractivity contribution >= 4 is 20.9 Å². The number of methoxy groups -OCH3 is 4. The van der Waals surface area contributed by atoms with E-state index in [4.69, 9.17) is 32.6 Å². The third-order valence-electron chi connectivity index (χ3n) is 7.21. The first-order chi connectivity index (χ1) is 20.2. The van der Waals surface area contributed by atoms with Crippen LogP contribution in [0.1, 0.15) is 22.8 Å². The topological polar surface area (TPSA) is 102 Å². The van der Waals surface area contributed by atoms with E-state index < -0.39 is 22.3 Å². The molecule has 0 saturated carbocycles. The van der Waals surface area contributed by atoms with Gasteiger partial charge in [-0.15, -0.1) is 0 Å². The maximum atomic E-state index is 12.7. The van der Waals surface area contributed by atoms with Gasteiger partial charge in [0.25, 0.3) is 10.1 Å². The van der Waals surface area contributed by atoms with E-state index in [1.54, 1.807) is 40.6 Å². The van der Waals surface area contributed by atoms with Crippen molar-refractivity contribution in [1.82, 2.24) is 0 Å². The lowest BCUT2D eigenvalue weighted by Crippen LogP contribution is -2.11. The minimum absolute atomic E-state index is 0.0232. The summed E-state index contributed by atoms with van der Waals surface area (Å²) < 4.78 is 65.3. The number of hydrogen-bond acceptors (Lipinski definition) is 9. The fourth-order valence-corrected chi connectivity index (χ4v) is 6.02. The Balaban J connectivity index is 1.50. The van der Waals surface area contributed by atoms with E-state index in [0.29, 0.717) is 28.6 Å². The van der Waals surface area contributed by atoms with Crippen molar-refractivity contribution in [3.8, 4) is 34.1 Å². The molecule has 0 bridgehead atoms. The summed E-state index contributed by atoms with van der Waals surface area (Å²) in [5, 5.41) is 1.74. The second-order valence-electron chi connectivity index (χ2n) is 9.95. The van der Waals surface area contributed by atoms with Gasteiger partial charge in [0.1, 0.15) is 35.2 Å². The lowest BCUT2D eigenvalue weighted by atomic mass is 9.91. The van der Waals surface area contributed by atoms with Crippen molar-refractivity contribution < 1.29 is 41.0 Å². The van der Waals surface area contributed by atoms with Crippen molar-refractivity contribution in [3.63, 3.8) is 0 Å². The highest BCUT2D eigenvalue weighted by Crippen LogP contribution is 2.52. The van der Waals surface area contributed by atoms with E-state index in [2.05, 4.69) is 6.07 Å². The molecule has 4 aromatic carbocycles. The van der Waals surface area contributed by atoms with Gasteiger partial charge < -0.3 is 28.4 Å². The largest absolute Gasteiger partial charge is 0.496 e. The van der Waals surface area contributed by atoms with Gasteiger partial charge in [0.2, 0.25) is 0 Å². The van der Waals surface area contributed by atoms with Crippen LogP contribution in [0, 0.1) is 13.8 Å². The van der Waals surface area contributed by atoms with Crippen LogP contribution in [-0.2, 0) is 23.8 Å². The quantitative estimate of drug-likeness (QED) is 0.111. The van der Waals surface area contributed by atoms with E-state index in [-0.39, 0.29) is 18.3 Å². The molecule has 42 heavy (non-hydrogen) atoms. The zero-order valence-electron chi connectivity index (χ0n) is 24.4. The number of aryl methyl sites for hydroxylation is 2. The maximum absolute atomic E-state index is 12.7. The van der Waals surface area contributed by atoms with Crippen LogP contribution in [0.2, 0.25) is 0 Å². The molecular formula is C32H34O9S. The van der Waals surface area contributed by atoms with Gasteiger partial charge in [-0.3, -0.25) is 4.18 Å². The Morgan fingerprint density at radius 3 is 2.10 bits per heavy atom. The summed E-state index contributed by atoms with van der Waals surface area (Å²) in [7, 11) is 2.43. The SMILES string of the molecule is COCOc1c(-c2c(OC)cc([C@@H]3O[C@@H]3COS(=O)(=O)c3ccc(C)cc3)cc2OC)c(C)cc2cccc(OC)c12. The van der Waals surface area contributed by atoms with E-state index in [1.165, 1.54) is 12.1 Å². The maximum Gasteiger partial charge on any atom is 0.297 e. The van der Waals surface area contributed by atoms with Crippen LogP contribution in [0.25, 0.3) is 21.9 Å². The highest BCUT2D eigenvalue weighted by atomic mass is 32.2. The van der Waals surface area contributed by atoms with Gasteiger partial charge in [0.05, 0.1) is 43.8 Å². The summed E-state index contributed by atoms with van der Waals surface area (Å²) >= 11 is 0.